The van der Waals surface area contributed by atoms with Gasteiger partial charge in [-0.25, -0.2) is 4.57 Å². The Morgan fingerprint density at radius 3 is 1.38 bits per heavy atom. The van der Waals surface area contributed by atoms with Gasteiger partial charge in [-0.2, -0.15) is 0 Å². The molecular weight excluding hydrogens is 806 g/mol. The Morgan fingerprint density at radius 1 is 0.508 bits per heavy atom. The van der Waals surface area contributed by atoms with Gasteiger partial charge in [-0.1, -0.05) is 182 Å². The molecule has 0 spiro atoms. The molecule has 0 aliphatic heterocycles. The Bertz CT molecular complexity index is 1280. The number of allylic oxidation sites excluding steroid dienone is 14. The van der Waals surface area contributed by atoms with Crippen molar-refractivity contribution in [2.24, 2.45) is 0 Å². The summed E-state index contributed by atoms with van der Waals surface area (Å²) in [5, 5.41) is 0. The van der Waals surface area contributed by atoms with E-state index in [1.165, 1.54) is 83.5 Å². The van der Waals surface area contributed by atoms with Crippen LogP contribution >= 0.6 is 7.82 Å². The van der Waals surface area contributed by atoms with Crippen molar-refractivity contribution >= 4 is 13.8 Å². The van der Waals surface area contributed by atoms with E-state index < -0.39 is 13.9 Å². The Hall–Kier alpha value is -2.32. The van der Waals surface area contributed by atoms with Gasteiger partial charge in [-0.05, 0) is 89.9 Å². The Labute approximate surface area is 388 Å². The van der Waals surface area contributed by atoms with Crippen molar-refractivity contribution in [1.82, 2.24) is 0 Å². The number of hydrogen-bond donors (Lipinski definition) is 1. The van der Waals surface area contributed by atoms with E-state index in [1.54, 1.807) is 0 Å². The number of ether oxygens (including phenoxy) is 2. The second kappa shape index (κ2) is 46.2. The van der Waals surface area contributed by atoms with Gasteiger partial charge in [0.25, 0.3) is 0 Å². The fraction of sp³-hybridized carbons (Fsp3) is 0.722. The van der Waals surface area contributed by atoms with Gasteiger partial charge in [-0.15, -0.1) is 0 Å². The highest BCUT2D eigenvalue weighted by molar-refractivity contribution is 7.47. The summed E-state index contributed by atoms with van der Waals surface area (Å²) in [6.07, 6.45) is 61.9. The quantitative estimate of drug-likeness (QED) is 0.0214. The minimum absolute atomic E-state index is 0.0795. The number of rotatable bonds is 46. The van der Waals surface area contributed by atoms with E-state index in [0.29, 0.717) is 24.1 Å². The van der Waals surface area contributed by atoms with E-state index in [0.717, 1.165) is 89.9 Å². The van der Waals surface area contributed by atoms with Crippen molar-refractivity contribution < 1.29 is 37.3 Å². The maximum atomic E-state index is 12.8. The lowest BCUT2D eigenvalue weighted by molar-refractivity contribution is -0.870. The summed E-state index contributed by atoms with van der Waals surface area (Å²) in [6.45, 7) is 5.45. The summed E-state index contributed by atoms with van der Waals surface area (Å²) in [4.78, 5) is 23.0. The normalized spacial score (nSPS) is 14.3. The third-order valence-electron chi connectivity index (χ3n) is 10.4. The molecule has 0 aliphatic carbocycles. The van der Waals surface area contributed by atoms with E-state index in [9.17, 15) is 14.3 Å². The molecule has 0 amide bonds. The van der Waals surface area contributed by atoms with Gasteiger partial charge in [-0.3, -0.25) is 13.8 Å². The molecule has 8 nitrogen and oxygen atoms in total. The molecule has 0 saturated heterocycles. The molecule has 0 aromatic rings. The molecule has 2 unspecified atom stereocenters. The van der Waals surface area contributed by atoms with Crippen LogP contribution in [-0.4, -0.2) is 75.6 Å². The molecule has 0 radical (unpaired) electrons. The first-order chi connectivity index (χ1) is 30.6. The number of phosphoric acid groups is 1. The van der Waals surface area contributed by atoms with Crippen molar-refractivity contribution in [3.63, 3.8) is 0 Å². The van der Waals surface area contributed by atoms with Crippen LogP contribution in [0.5, 0.6) is 0 Å². The number of carbonyl (C=O) groups excluding carboxylic acids is 1. The van der Waals surface area contributed by atoms with Crippen molar-refractivity contribution in [3.05, 3.63) is 85.1 Å². The van der Waals surface area contributed by atoms with E-state index in [4.69, 9.17) is 18.5 Å². The predicted octanol–water partition coefficient (Wildman–Crippen LogP) is 15.6. The van der Waals surface area contributed by atoms with Crippen molar-refractivity contribution in [3.8, 4) is 0 Å². The molecule has 63 heavy (non-hydrogen) atoms. The van der Waals surface area contributed by atoms with Crippen LogP contribution in [0, 0.1) is 0 Å². The molecule has 9 heteroatoms. The average molecular weight is 903 g/mol. The van der Waals surface area contributed by atoms with Gasteiger partial charge in [0.1, 0.15) is 19.3 Å². The number of nitrogens with zero attached hydrogens (tertiary/aromatic N) is 1. The Kier molecular flexibility index (Phi) is 44.5. The largest absolute Gasteiger partial charge is 0.472 e. The van der Waals surface area contributed by atoms with Gasteiger partial charge < -0.3 is 18.9 Å². The molecule has 2 atom stereocenters. The highest BCUT2D eigenvalue weighted by Crippen LogP contribution is 2.43. The summed E-state index contributed by atoms with van der Waals surface area (Å²) >= 11 is 0. The molecule has 0 saturated carbocycles. The topological polar surface area (TPSA) is 91.3 Å². The average Bonchev–Trinajstić information content (AvgIpc) is 3.24. The third-order valence-corrected chi connectivity index (χ3v) is 11.4. The minimum atomic E-state index is -4.29. The van der Waals surface area contributed by atoms with Gasteiger partial charge >= 0.3 is 13.8 Å². The van der Waals surface area contributed by atoms with Crippen molar-refractivity contribution in [1.29, 1.82) is 0 Å². The van der Waals surface area contributed by atoms with E-state index in [-0.39, 0.29) is 25.8 Å². The SMILES string of the molecule is CC/C=C\C/C=C\C/C=C\C/C=C\C/C=C\CCCCCCCC(=O)OC(COCCCCCCCCCCCC/C=C\C/C=C\CCCCC)COP(=O)(O)OCC[N+](C)(C)C. The van der Waals surface area contributed by atoms with Crippen LogP contribution in [0.25, 0.3) is 0 Å². The zero-order valence-corrected chi connectivity index (χ0v) is 42.2. The van der Waals surface area contributed by atoms with E-state index >= 15 is 0 Å². The van der Waals surface area contributed by atoms with E-state index in [2.05, 4.69) is 98.9 Å². The number of phosphoric ester groups is 1. The summed E-state index contributed by atoms with van der Waals surface area (Å²) in [6, 6.07) is 0. The van der Waals surface area contributed by atoms with Gasteiger partial charge in [0.2, 0.25) is 0 Å². The fourth-order valence-corrected chi connectivity index (χ4v) is 7.29. The van der Waals surface area contributed by atoms with E-state index in [1.807, 2.05) is 21.1 Å². The number of esters is 1. The molecule has 0 rings (SSSR count). The Morgan fingerprint density at radius 2 is 0.921 bits per heavy atom. The lowest BCUT2D eigenvalue weighted by Gasteiger charge is -2.24. The zero-order chi connectivity index (χ0) is 46.2. The number of hydrogen-bond acceptors (Lipinski definition) is 6. The smallest absolute Gasteiger partial charge is 0.457 e. The molecule has 0 aromatic carbocycles. The summed E-state index contributed by atoms with van der Waals surface area (Å²) in [5.74, 6) is -0.335. The highest BCUT2D eigenvalue weighted by atomic mass is 31.2. The molecular formula is C54H97NO7P+. The molecule has 1 N–H and O–H groups in total. The standard InChI is InChI=1S/C54H96NO7P/c1-6-8-10-12-14-16-18-20-22-24-26-28-29-31-33-35-37-39-41-43-45-47-54(56)62-53(52-61-63(57,58)60-50-48-55(3,4)5)51-59-49-46-44-42-40-38-36-34-32-30-27-25-23-21-19-17-15-13-11-9-7-2/h8,10,14-17,20-23,26,28,31,33,53H,6-7,9,11-13,18-19,24-25,27,29-30,32,34-52H2,1-5H3/p+1/b10-8-,16-14-,17-15-,22-20-,23-21-,28-26-,33-31-. The molecule has 0 bridgehead atoms. The van der Waals surface area contributed by atoms with Crippen molar-refractivity contribution in [2.75, 3.05) is 54.1 Å². The molecule has 0 fully saturated rings. The Balaban J connectivity index is 4.22. The molecule has 0 aromatic heterocycles. The molecule has 0 heterocycles. The fourth-order valence-electron chi connectivity index (χ4n) is 6.55. The number of unbranched alkanes of at least 4 members (excludes halogenated alkanes) is 18. The first-order valence-corrected chi connectivity index (χ1v) is 26.8. The van der Waals surface area contributed by atoms with Gasteiger partial charge in [0, 0.05) is 13.0 Å². The van der Waals surface area contributed by atoms with Crippen LogP contribution in [0.4, 0.5) is 0 Å². The predicted molar refractivity (Wildman–Crippen MR) is 270 cm³/mol. The highest BCUT2D eigenvalue weighted by Gasteiger charge is 2.26. The first-order valence-electron chi connectivity index (χ1n) is 25.3. The summed E-state index contributed by atoms with van der Waals surface area (Å²) in [7, 11) is 1.64. The van der Waals surface area contributed by atoms with Crippen LogP contribution in [0.1, 0.15) is 194 Å². The van der Waals surface area contributed by atoms with Crippen LogP contribution in [-0.2, 0) is 27.9 Å². The minimum Gasteiger partial charge on any atom is -0.457 e. The zero-order valence-electron chi connectivity index (χ0n) is 41.3. The van der Waals surface area contributed by atoms with Crippen LogP contribution in [0.3, 0.4) is 0 Å². The van der Waals surface area contributed by atoms with Crippen molar-refractivity contribution in [2.45, 2.75) is 200 Å². The number of likely N-dealkylation sites (N-methyl/N-ethyl adjacent to an activating group) is 1. The van der Waals surface area contributed by atoms with Crippen LogP contribution in [0.15, 0.2) is 85.1 Å². The maximum Gasteiger partial charge on any atom is 0.472 e. The summed E-state index contributed by atoms with van der Waals surface area (Å²) in [5.41, 5.74) is 0. The number of carbonyl (C=O) groups is 1. The lowest BCUT2D eigenvalue weighted by Crippen LogP contribution is -2.37. The second-order valence-electron chi connectivity index (χ2n) is 17.8. The summed E-state index contributed by atoms with van der Waals surface area (Å²) < 4.78 is 35.1. The van der Waals surface area contributed by atoms with Crippen LogP contribution in [0.2, 0.25) is 0 Å². The second-order valence-corrected chi connectivity index (χ2v) is 19.3. The maximum absolute atomic E-state index is 12.8. The molecule has 364 valence electrons. The monoisotopic (exact) mass is 903 g/mol. The van der Waals surface area contributed by atoms with Gasteiger partial charge in [0.05, 0.1) is 34.4 Å². The van der Waals surface area contributed by atoms with Crippen LogP contribution < -0.4 is 0 Å². The first kappa shape index (κ1) is 60.7. The number of quaternary nitrogens is 1. The van der Waals surface area contributed by atoms with Gasteiger partial charge in [0.15, 0.2) is 0 Å². The third kappa shape index (κ3) is 50.5. The molecule has 0 aliphatic rings. The lowest BCUT2D eigenvalue weighted by atomic mass is 10.1.